The van der Waals surface area contributed by atoms with Gasteiger partial charge in [-0.1, -0.05) is 16.8 Å². The molecule has 0 saturated heterocycles. The van der Waals surface area contributed by atoms with E-state index in [0.717, 1.165) is 0 Å². The summed E-state index contributed by atoms with van der Waals surface area (Å²) in [7, 11) is 0. The van der Waals surface area contributed by atoms with Crippen molar-refractivity contribution in [2.75, 3.05) is 0 Å². The van der Waals surface area contributed by atoms with E-state index in [1.54, 1.807) is 30.3 Å². The van der Waals surface area contributed by atoms with Gasteiger partial charge in [-0.25, -0.2) is 0 Å². The Morgan fingerprint density at radius 2 is 2.23 bits per heavy atom. The number of hydrogen-bond donors (Lipinski definition) is 0. The van der Waals surface area contributed by atoms with Crippen molar-refractivity contribution in [3.8, 4) is 17.3 Å². The Balaban J connectivity index is 1.69. The average molecular weight is 319 g/mol. The van der Waals surface area contributed by atoms with E-state index in [9.17, 15) is 4.79 Å². The van der Waals surface area contributed by atoms with Gasteiger partial charge in [0, 0.05) is 5.56 Å². The molecule has 22 heavy (non-hydrogen) atoms. The first-order valence-electron chi connectivity index (χ1n) is 6.43. The zero-order valence-electron chi connectivity index (χ0n) is 11.6. The van der Waals surface area contributed by atoms with Crippen LogP contribution in [0, 0.1) is 0 Å². The molecular formula is C15H11ClN2O4. The molecule has 0 aliphatic heterocycles. The summed E-state index contributed by atoms with van der Waals surface area (Å²) in [5.74, 6) is 1.52. The molecule has 112 valence electrons. The van der Waals surface area contributed by atoms with Crippen molar-refractivity contribution in [1.82, 2.24) is 10.1 Å². The number of ether oxygens (including phenoxy) is 1. The molecular weight excluding hydrogens is 308 g/mol. The van der Waals surface area contributed by atoms with Crippen molar-refractivity contribution in [2.45, 2.75) is 13.5 Å². The number of Topliss-reactive ketones (excluding diaryl/α,β-unsaturated/α-hetero) is 1. The van der Waals surface area contributed by atoms with Crippen LogP contribution in [-0.2, 0) is 6.61 Å². The molecule has 6 nitrogen and oxygen atoms in total. The largest absolute Gasteiger partial charge is 0.482 e. The van der Waals surface area contributed by atoms with E-state index in [0.29, 0.717) is 27.9 Å². The number of ketones is 1. The van der Waals surface area contributed by atoms with E-state index in [4.69, 9.17) is 25.3 Å². The maximum Gasteiger partial charge on any atom is 0.264 e. The Hall–Kier alpha value is -2.60. The van der Waals surface area contributed by atoms with Gasteiger partial charge in [0.2, 0.25) is 5.82 Å². The van der Waals surface area contributed by atoms with Crippen LogP contribution in [0.2, 0.25) is 5.02 Å². The van der Waals surface area contributed by atoms with Crippen LogP contribution < -0.4 is 4.74 Å². The van der Waals surface area contributed by atoms with Crippen molar-refractivity contribution in [1.29, 1.82) is 0 Å². The number of rotatable bonds is 5. The first-order chi connectivity index (χ1) is 10.6. The summed E-state index contributed by atoms with van der Waals surface area (Å²) in [6.07, 6.45) is 1.53. The highest BCUT2D eigenvalue weighted by molar-refractivity contribution is 6.32. The molecule has 7 heteroatoms. The van der Waals surface area contributed by atoms with E-state index < -0.39 is 0 Å². The van der Waals surface area contributed by atoms with Crippen molar-refractivity contribution >= 4 is 17.4 Å². The van der Waals surface area contributed by atoms with Crippen molar-refractivity contribution in [3.05, 3.63) is 53.1 Å². The van der Waals surface area contributed by atoms with Gasteiger partial charge in [0.1, 0.15) is 5.75 Å². The molecule has 0 unspecified atom stereocenters. The number of hydrogen-bond acceptors (Lipinski definition) is 6. The molecule has 0 aliphatic rings. The molecule has 3 aromatic rings. The van der Waals surface area contributed by atoms with Crippen LogP contribution in [0.5, 0.6) is 5.75 Å². The molecule has 0 N–H and O–H groups in total. The summed E-state index contributed by atoms with van der Waals surface area (Å²) >= 11 is 6.07. The van der Waals surface area contributed by atoms with Crippen LogP contribution in [0.3, 0.4) is 0 Å². The Bertz CT molecular complexity index is 796. The topological polar surface area (TPSA) is 78.4 Å². The first-order valence-corrected chi connectivity index (χ1v) is 6.81. The fraction of sp³-hybridized carbons (Fsp3) is 0.133. The van der Waals surface area contributed by atoms with Gasteiger partial charge in [-0.15, -0.1) is 0 Å². The standard InChI is InChI=1S/C15H11ClN2O4/c1-9(19)10-4-5-12(11(16)7-10)21-8-14-17-15(18-22-14)13-3-2-6-20-13/h2-7H,8H2,1H3. The number of halogens is 1. The fourth-order valence-corrected chi connectivity index (χ4v) is 2.03. The van der Waals surface area contributed by atoms with Crippen LogP contribution >= 0.6 is 11.6 Å². The summed E-state index contributed by atoms with van der Waals surface area (Å²) in [6, 6.07) is 8.29. The second kappa shape index (κ2) is 6.03. The van der Waals surface area contributed by atoms with Crippen LogP contribution in [0.25, 0.3) is 11.6 Å². The summed E-state index contributed by atoms with van der Waals surface area (Å²) in [5, 5.41) is 4.14. The van der Waals surface area contributed by atoms with Crippen molar-refractivity contribution in [2.24, 2.45) is 0 Å². The molecule has 0 atom stereocenters. The zero-order chi connectivity index (χ0) is 15.5. The van der Waals surface area contributed by atoms with E-state index in [2.05, 4.69) is 10.1 Å². The molecule has 0 radical (unpaired) electrons. The van der Waals surface area contributed by atoms with Crippen molar-refractivity contribution in [3.63, 3.8) is 0 Å². The number of furan rings is 1. The molecule has 2 heterocycles. The van der Waals surface area contributed by atoms with Crippen LogP contribution in [-0.4, -0.2) is 15.9 Å². The molecule has 0 fully saturated rings. The minimum absolute atomic E-state index is 0.0616. The molecule has 0 aliphatic carbocycles. The molecule has 3 rings (SSSR count). The highest BCUT2D eigenvalue weighted by Crippen LogP contribution is 2.26. The summed E-state index contributed by atoms with van der Waals surface area (Å²) in [4.78, 5) is 15.4. The minimum Gasteiger partial charge on any atom is -0.482 e. The highest BCUT2D eigenvalue weighted by atomic mass is 35.5. The SMILES string of the molecule is CC(=O)c1ccc(OCc2nc(-c3ccco3)no2)c(Cl)c1. The monoisotopic (exact) mass is 318 g/mol. The summed E-state index contributed by atoms with van der Waals surface area (Å²) in [5.41, 5.74) is 0.523. The molecule has 2 aromatic heterocycles. The predicted octanol–water partition coefficient (Wildman–Crippen LogP) is 3.76. The van der Waals surface area contributed by atoms with E-state index >= 15 is 0 Å². The predicted molar refractivity (Wildman–Crippen MR) is 77.8 cm³/mol. The van der Waals surface area contributed by atoms with E-state index in [-0.39, 0.29) is 18.3 Å². The number of aromatic nitrogens is 2. The third kappa shape index (κ3) is 3.01. The van der Waals surface area contributed by atoms with Gasteiger partial charge in [0.25, 0.3) is 5.89 Å². The smallest absolute Gasteiger partial charge is 0.264 e. The van der Waals surface area contributed by atoms with Crippen LogP contribution in [0.1, 0.15) is 23.2 Å². The average Bonchev–Trinajstić information content (AvgIpc) is 3.16. The number of nitrogens with zero attached hydrogens (tertiary/aromatic N) is 2. The Morgan fingerprint density at radius 3 is 2.91 bits per heavy atom. The lowest BCUT2D eigenvalue weighted by atomic mass is 10.1. The second-order valence-electron chi connectivity index (χ2n) is 4.48. The van der Waals surface area contributed by atoms with Gasteiger partial charge >= 0.3 is 0 Å². The lowest BCUT2D eigenvalue weighted by Gasteiger charge is -2.06. The maximum atomic E-state index is 11.3. The Labute approximate surface area is 130 Å². The van der Waals surface area contributed by atoms with Crippen LogP contribution in [0.4, 0.5) is 0 Å². The highest BCUT2D eigenvalue weighted by Gasteiger charge is 2.12. The number of carbonyl (C=O) groups excluding carboxylic acids is 1. The first kappa shape index (κ1) is 14.3. The molecule has 1 aromatic carbocycles. The third-order valence-electron chi connectivity index (χ3n) is 2.90. The summed E-state index contributed by atoms with van der Waals surface area (Å²) in [6.45, 7) is 1.54. The van der Waals surface area contributed by atoms with Gasteiger partial charge in [0.15, 0.2) is 18.2 Å². The Morgan fingerprint density at radius 1 is 1.36 bits per heavy atom. The quantitative estimate of drug-likeness (QED) is 0.666. The molecule has 0 amide bonds. The minimum atomic E-state index is -0.0616. The van der Waals surface area contributed by atoms with Gasteiger partial charge in [-0.2, -0.15) is 4.98 Å². The van der Waals surface area contributed by atoms with Gasteiger partial charge in [-0.3, -0.25) is 4.79 Å². The molecule has 0 bridgehead atoms. The molecule has 0 spiro atoms. The lowest BCUT2D eigenvalue weighted by Crippen LogP contribution is -1.98. The number of benzene rings is 1. The zero-order valence-corrected chi connectivity index (χ0v) is 12.3. The van der Waals surface area contributed by atoms with Gasteiger partial charge in [-0.05, 0) is 37.3 Å². The number of carbonyl (C=O) groups is 1. The third-order valence-corrected chi connectivity index (χ3v) is 3.19. The summed E-state index contributed by atoms with van der Waals surface area (Å²) < 4.78 is 15.8. The second-order valence-corrected chi connectivity index (χ2v) is 4.89. The maximum absolute atomic E-state index is 11.3. The molecule has 0 saturated carbocycles. The lowest BCUT2D eigenvalue weighted by molar-refractivity contribution is 0.101. The van der Waals surface area contributed by atoms with Gasteiger partial charge in [0.05, 0.1) is 11.3 Å². The van der Waals surface area contributed by atoms with Crippen molar-refractivity contribution < 1.29 is 18.5 Å². The van der Waals surface area contributed by atoms with Gasteiger partial charge < -0.3 is 13.7 Å². The fourth-order valence-electron chi connectivity index (χ4n) is 1.80. The van der Waals surface area contributed by atoms with E-state index in [1.807, 2.05) is 0 Å². The van der Waals surface area contributed by atoms with Crippen LogP contribution in [0.15, 0.2) is 45.5 Å². The van der Waals surface area contributed by atoms with E-state index in [1.165, 1.54) is 13.2 Å². The normalized spacial score (nSPS) is 10.6. The Kier molecular flexibility index (Phi) is 3.93.